The van der Waals surface area contributed by atoms with Crippen LogP contribution in [0.3, 0.4) is 0 Å². The zero-order valence-electron chi connectivity index (χ0n) is 18.3. The third-order valence-electron chi connectivity index (χ3n) is 5.08. The molecule has 0 saturated heterocycles. The molecule has 0 aliphatic rings. The lowest BCUT2D eigenvalue weighted by molar-refractivity contribution is -0.143. The molecule has 0 bridgehead atoms. The van der Waals surface area contributed by atoms with Gasteiger partial charge in [0, 0.05) is 23.6 Å². The minimum Gasteiger partial charge on any atom is -0.478 e. The summed E-state index contributed by atoms with van der Waals surface area (Å²) in [6, 6.07) is 24.6. The Morgan fingerprint density at radius 3 is 2.13 bits per heavy atom. The van der Waals surface area contributed by atoms with E-state index in [1.807, 2.05) is 49.4 Å². The quantitative estimate of drug-likeness (QED) is 0.243. The van der Waals surface area contributed by atoms with Crippen molar-refractivity contribution in [3.05, 3.63) is 72.8 Å². The van der Waals surface area contributed by atoms with E-state index in [1.165, 1.54) is 0 Å². The van der Waals surface area contributed by atoms with Gasteiger partial charge in [0.05, 0.1) is 18.9 Å². The highest BCUT2D eigenvalue weighted by Crippen LogP contribution is 2.32. The number of aromatic nitrogens is 1. The van der Waals surface area contributed by atoms with Gasteiger partial charge in [0.1, 0.15) is 0 Å². The number of esters is 1. The molecule has 0 spiro atoms. The van der Waals surface area contributed by atoms with Gasteiger partial charge in [-0.2, -0.15) is 0 Å². The minimum absolute atomic E-state index is 0.0925. The van der Waals surface area contributed by atoms with Crippen LogP contribution in [-0.4, -0.2) is 24.2 Å². The first-order chi connectivity index (χ1) is 15.3. The molecule has 0 amide bonds. The second kappa shape index (κ2) is 12.5. The van der Waals surface area contributed by atoms with Crippen LogP contribution in [0.15, 0.2) is 72.8 Å². The predicted octanol–water partition coefficient (Wildman–Crippen LogP) is 6.70. The number of pyridine rings is 1. The van der Waals surface area contributed by atoms with Crippen LogP contribution < -0.4 is 4.74 Å². The van der Waals surface area contributed by atoms with E-state index in [-0.39, 0.29) is 5.97 Å². The van der Waals surface area contributed by atoms with Gasteiger partial charge in [0.15, 0.2) is 0 Å². The van der Waals surface area contributed by atoms with Crippen LogP contribution in [0.2, 0.25) is 0 Å². The van der Waals surface area contributed by atoms with Gasteiger partial charge < -0.3 is 9.47 Å². The number of carbonyl (C=O) groups is 1. The molecule has 0 radical (unpaired) electrons. The number of benzene rings is 2. The van der Waals surface area contributed by atoms with Crippen molar-refractivity contribution < 1.29 is 14.3 Å². The lowest BCUT2D eigenvalue weighted by atomic mass is 9.99. The van der Waals surface area contributed by atoms with Crippen LogP contribution in [0.1, 0.15) is 45.4 Å². The molecule has 4 heteroatoms. The van der Waals surface area contributed by atoms with Crippen molar-refractivity contribution in [3.8, 4) is 28.3 Å². The Balaban J connectivity index is 1.53. The fraction of sp³-hybridized carbons (Fsp3) is 0.333. The summed E-state index contributed by atoms with van der Waals surface area (Å²) in [7, 11) is 0. The number of nitrogens with zero attached hydrogens (tertiary/aromatic N) is 1. The highest BCUT2D eigenvalue weighted by Gasteiger charge is 2.11. The maximum atomic E-state index is 11.3. The van der Waals surface area contributed by atoms with Crippen LogP contribution in [0.25, 0.3) is 22.4 Å². The van der Waals surface area contributed by atoms with Gasteiger partial charge in [-0.1, -0.05) is 79.9 Å². The monoisotopic (exact) mass is 417 g/mol. The molecule has 0 saturated carbocycles. The zero-order valence-corrected chi connectivity index (χ0v) is 18.3. The van der Waals surface area contributed by atoms with Crippen molar-refractivity contribution in [2.24, 2.45) is 0 Å². The molecule has 0 aliphatic carbocycles. The summed E-state index contributed by atoms with van der Waals surface area (Å²) in [5.74, 6) is 0.561. The van der Waals surface area contributed by atoms with E-state index in [4.69, 9.17) is 14.5 Å². The molecule has 3 rings (SSSR count). The number of rotatable bonds is 12. The predicted molar refractivity (Wildman–Crippen MR) is 125 cm³/mol. The van der Waals surface area contributed by atoms with Gasteiger partial charge in [-0.3, -0.25) is 4.79 Å². The smallest absolute Gasteiger partial charge is 0.305 e. The fourth-order valence-electron chi connectivity index (χ4n) is 3.50. The molecule has 0 unspecified atom stereocenters. The van der Waals surface area contributed by atoms with Crippen LogP contribution in [0.4, 0.5) is 0 Å². The SMILES string of the molecule is CCOC(=O)CCCCCCCOc1ccc(-c2ccccc2)c(-c2ccccc2)n1. The number of unbranched alkanes of at least 4 members (excludes halogenated alkanes) is 4. The van der Waals surface area contributed by atoms with Crippen LogP contribution in [0.5, 0.6) is 5.88 Å². The largest absolute Gasteiger partial charge is 0.478 e. The second-order valence-corrected chi connectivity index (χ2v) is 7.45. The molecule has 0 aliphatic heterocycles. The van der Waals surface area contributed by atoms with Crippen molar-refractivity contribution in [1.29, 1.82) is 0 Å². The third-order valence-corrected chi connectivity index (χ3v) is 5.08. The van der Waals surface area contributed by atoms with Gasteiger partial charge in [0.2, 0.25) is 5.88 Å². The number of hydrogen-bond donors (Lipinski definition) is 0. The van der Waals surface area contributed by atoms with Crippen LogP contribution in [-0.2, 0) is 9.53 Å². The molecule has 1 heterocycles. The number of hydrogen-bond acceptors (Lipinski definition) is 4. The third kappa shape index (κ3) is 7.25. The Morgan fingerprint density at radius 1 is 0.774 bits per heavy atom. The first-order valence-corrected chi connectivity index (χ1v) is 11.2. The summed E-state index contributed by atoms with van der Waals surface area (Å²) >= 11 is 0. The first kappa shape index (κ1) is 22.5. The lowest BCUT2D eigenvalue weighted by Crippen LogP contribution is -2.03. The lowest BCUT2D eigenvalue weighted by Gasteiger charge is -2.12. The van der Waals surface area contributed by atoms with Gasteiger partial charge in [-0.15, -0.1) is 0 Å². The Bertz CT molecular complexity index is 926. The van der Waals surface area contributed by atoms with Crippen molar-refractivity contribution in [2.75, 3.05) is 13.2 Å². The van der Waals surface area contributed by atoms with Crippen molar-refractivity contribution >= 4 is 5.97 Å². The van der Waals surface area contributed by atoms with Gasteiger partial charge >= 0.3 is 5.97 Å². The normalized spacial score (nSPS) is 10.6. The van der Waals surface area contributed by atoms with E-state index in [9.17, 15) is 4.79 Å². The highest BCUT2D eigenvalue weighted by atomic mass is 16.5. The van der Waals surface area contributed by atoms with E-state index in [0.29, 0.717) is 25.5 Å². The van der Waals surface area contributed by atoms with E-state index in [0.717, 1.165) is 54.5 Å². The molecule has 2 aromatic carbocycles. The Morgan fingerprint density at radius 2 is 1.42 bits per heavy atom. The molecular weight excluding hydrogens is 386 g/mol. The summed E-state index contributed by atoms with van der Waals surface area (Å²) in [6.45, 7) is 2.94. The molecular formula is C27H31NO3. The molecule has 31 heavy (non-hydrogen) atoms. The molecule has 162 valence electrons. The summed E-state index contributed by atoms with van der Waals surface area (Å²) in [4.78, 5) is 16.2. The van der Waals surface area contributed by atoms with E-state index in [1.54, 1.807) is 0 Å². The van der Waals surface area contributed by atoms with Gasteiger partial charge in [-0.25, -0.2) is 4.98 Å². The Hall–Kier alpha value is -3.14. The summed E-state index contributed by atoms with van der Waals surface area (Å²) in [5.41, 5.74) is 4.25. The summed E-state index contributed by atoms with van der Waals surface area (Å²) < 4.78 is 10.9. The Kier molecular flexibility index (Phi) is 9.11. The Labute approximate surface area is 185 Å². The molecule has 3 aromatic rings. The average Bonchev–Trinajstić information content (AvgIpc) is 2.82. The van der Waals surface area contributed by atoms with Crippen LogP contribution in [0, 0.1) is 0 Å². The van der Waals surface area contributed by atoms with Crippen molar-refractivity contribution in [2.45, 2.75) is 45.4 Å². The molecule has 1 aromatic heterocycles. The second-order valence-electron chi connectivity index (χ2n) is 7.45. The van der Waals surface area contributed by atoms with E-state index in [2.05, 4.69) is 30.3 Å². The van der Waals surface area contributed by atoms with Gasteiger partial charge in [-0.05, 0) is 31.4 Å². The molecule has 0 fully saturated rings. The maximum Gasteiger partial charge on any atom is 0.305 e. The van der Waals surface area contributed by atoms with E-state index < -0.39 is 0 Å². The van der Waals surface area contributed by atoms with Gasteiger partial charge in [0.25, 0.3) is 0 Å². The summed E-state index contributed by atoms with van der Waals surface area (Å²) in [6.07, 6.45) is 5.60. The molecule has 4 nitrogen and oxygen atoms in total. The number of ether oxygens (including phenoxy) is 2. The fourth-order valence-corrected chi connectivity index (χ4v) is 3.50. The molecule has 0 atom stereocenters. The maximum absolute atomic E-state index is 11.3. The molecule has 0 N–H and O–H groups in total. The van der Waals surface area contributed by atoms with Crippen molar-refractivity contribution in [3.63, 3.8) is 0 Å². The highest BCUT2D eigenvalue weighted by molar-refractivity contribution is 5.81. The van der Waals surface area contributed by atoms with E-state index >= 15 is 0 Å². The number of carbonyl (C=O) groups excluding carboxylic acids is 1. The van der Waals surface area contributed by atoms with Crippen LogP contribution >= 0.6 is 0 Å². The topological polar surface area (TPSA) is 48.4 Å². The summed E-state index contributed by atoms with van der Waals surface area (Å²) in [5, 5.41) is 0. The minimum atomic E-state index is -0.0925. The standard InChI is InChI=1S/C27H31NO3/c1-2-30-26(29)18-12-4-3-5-13-21-31-25-20-19-24(22-14-8-6-9-15-22)27(28-25)23-16-10-7-11-17-23/h6-11,14-17,19-20H,2-5,12-13,18,21H2,1H3. The average molecular weight is 418 g/mol. The first-order valence-electron chi connectivity index (χ1n) is 11.2. The zero-order chi connectivity index (χ0) is 21.7. The van der Waals surface area contributed by atoms with Crippen molar-refractivity contribution in [1.82, 2.24) is 4.98 Å².